The summed E-state index contributed by atoms with van der Waals surface area (Å²) >= 11 is 0. The molecule has 0 heterocycles. The minimum absolute atomic E-state index is 0.317. The largest absolute Gasteiger partial charge is 0.289 e. The molecule has 52 valence electrons. The number of allylic oxidation sites excluding steroid dienone is 4. The summed E-state index contributed by atoms with van der Waals surface area (Å²) in [6.07, 6.45) is 8.32. The first-order chi connectivity index (χ1) is 4.88. The second kappa shape index (κ2) is 2.08. The van der Waals surface area contributed by atoms with Gasteiger partial charge in [-0.15, -0.1) is 0 Å². The van der Waals surface area contributed by atoms with Crippen LogP contribution in [0.25, 0.3) is 0 Å². The second-order valence-electron chi connectivity index (χ2n) is 2.87. The van der Waals surface area contributed by atoms with Crippen LogP contribution in [0.15, 0.2) is 23.3 Å². The molecule has 0 N–H and O–H groups in total. The summed E-state index contributed by atoms with van der Waals surface area (Å²) in [5.41, 5.74) is 2.09. The maximum Gasteiger partial charge on any atom is 0.184 e. The van der Waals surface area contributed by atoms with Gasteiger partial charge in [-0.25, -0.2) is 0 Å². The average Bonchev–Trinajstić information content (AvgIpc) is 1.52. The Morgan fingerprint density at radius 3 is 1.70 bits per heavy atom. The van der Waals surface area contributed by atoms with Gasteiger partial charge < -0.3 is 0 Å². The van der Waals surface area contributed by atoms with Crippen LogP contribution < -0.4 is 0 Å². The van der Waals surface area contributed by atoms with Gasteiger partial charge in [0.05, 0.1) is 0 Å². The number of ketones is 1. The number of rotatable bonds is 2. The van der Waals surface area contributed by atoms with Crippen LogP contribution in [0.4, 0.5) is 0 Å². The topological polar surface area (TPSA) is 17.1 Å². The Balaban J connectivity index is 2.11. The zero-order valence-corrected chi connectivity index (χ0v) is 5.89. The van der Waals surface area contributed by atoms with Crippen molar-refractivity contribution < 1.29 is 4.79 Å². The maximum absolute atomic E-state index is 11.3. The van der Waals surface area contributed by atoms with Crippen molar-refractivity contribution >= 4 is 5.78 Å². The molecule has 0 unspecified atom stereocenters. The highest BCUT2D eigenvalue weighted by molar-refractivity contribution is 6.09. The summed E-state index contributed by atoms with van der Waals surface area (Å²) in [4.78, 5) is 11.3. The molecule has 2 aliphatic rings. The number of carbonyl (C=O) groups is 1. The molecular weight excluding hydrogens is 124 g/mol. The van der Waals surface area contributed by atoms with Crippen molar-refractivity contribution in [2.45, 2.75) is 25.7 Å². The highest BCUT2D eigenvalue weighted by atomic mass is 16.1. The van der Waals surface area contributed by atoms with Crippen molar-refractivity contribution in [3.63, 3.8) is 0 Å². The number of Topliss-reactive ketones (excluding diaryl/α,β-unsaturated/α-hetero) is 1. The summed E-state index contributed by atoms with van der Waals surface area (Å²) in [5.74, 6) is 0.317. The first-order valence-electron chi connectivity index (χ1n) is 3.81. The monoisotopic (exact) mass is 134 g/mol. The van der Waals surface area contributed by atoms with Gasteiger partial charge in [0.2, 0.25) is 0 Å². The third-order valence-electron chi connectivity index (χ3n) is 2.19. The Hall–Kier alpha value is -0.850. The van der Waals surface area contributed by atoms with E-state index in [0.29, 0.717) is 5.78 Å². The predicted octanol–water partition coefficient (Wildman–Crippen LogP) is 2.00. The van der Waals surface area contributed by atoms with Crippen molar-refractivity contribution in [3.05, 3.63) is 23.3 Å². The Bertz CT molecular complexity index is 209. The van der Waals surface area contributed by atoms with Crippen LogP contribution >= 0.6 is 0 Å². The minimum atomic E-state index is 0.317. The molecule has 0 radical (unpaired) electrons. The van der Waals surface area contributed by atoms with Crippen molar-refractivity contribution in [1.82, 2.24) is 0 Å². The van der Waals surface area contributed by atoms with Crippen LogP contribution in [-0.2, 0) is 4.79 Å². The van der Waals surface area contributed by atoms with E-state index in [4.69, 9.17) is 0 Å². The molecule has 0 amide bonds. The third-order valence-corrected chi connectivity index (χ3v) is 2.19. The van der Waals surface area contributed by atoms with Crippen molar-refractivity contribution in [1.29, 1.82) is 0 Å². The van der Waals surface area contributed by atoms with E-state index >= 15 is 0 Å². The minimum Gasteiger partial charge on any atom is -0.289 e. The highest BCUT2D eigenvalue weighted by Gasteiger charge is 2.21. The number of hydrogen-bond donors (Lipinski definition) is 0. The van der Waals surface area contributed by atoms with Crippen molar-refractivity contribution in [3.8, 4) is 0 Å². The van der Waals surface area contributed by atoms with Gasteiger partial charge in [-0.2, -0.15) is 0 Å². The number of carbonyl (C=O) groups excluding carboxylic acids is 1. The van der Waals surface area contributed by atoms with Crippen molar-refractivity contribution in [2.24, 2.45) is 0 Å². The third kappa shape index (κ3) is 0.737. The molecular formula is C9H10O. The normalized spacial score (nSPS) is 22.0. The smallest absolute Gasteiger partial charge is 0.184 e. The Kier molecular flexibility index (Phi) is 1.23. The molecule has 0 fully saturated rings. The van der Waals surface area contributed by atoms with E-state index in [0.717, 1.165) is 36.8 Å². The molecule has 1 nitrogen and oxygen atoms in total. The molecule has 10 heavy (non-hydrogen) atoms. The van der Waals surface area contributed by atoms with E-state index in [1.165, 1.54) is 0 Å². The zero-order chi connectivity index (χ0) is 6.97. The molecule has 1 heteroatoms. The summed E-state index contributed by atoms with van der Waals surface area (Å²) in [6, 6.07) is 0. The summed E-state index contributed by atoms with van der Waals surface area (Å²) < 4.78 is 0. The highest BCUT2D eigenvalue weighted by Crippen LogP contribution is 2.27. The predicted molar refractivity (Wildman–Crippen MR) is 39.6 cm³/mol. The van der Waals surface area contributed by atoms with Crippen LogP contribution in [0.3, 0.4) is 0 Å². The van der Waals surface area contributed by atoms with Gasteiger partial charge >= 0.3 is 0 Å². The van der Waals surface area contributed by atoms with E-state index in [1.807, 2.05) is 12.2 Å². The summed E-state index contributed by atoms with van der Waals surface area (Å²) in [5, 5.41) is 0. The van der Waals surface area contributed by atoms with Crippen LogP contribution in [0, 0.1) is 0 Å². The number of hydrogen-bond acceptors (Lipinski definition) is 1. The van der Waals surface area contributed by atoms with Gasteiger partial charge in [-0.3, -0.25) is 4.79 Å². The SMILES string of the molecule is O=C(C1=CCC1)C1=CCC1. The zero-order valence-electron chi connectivity index (χ0n) is 5.89. The lowest BCUT2D eigenvalue weighted by molar-refractivity contribution is -0.113. The average molecular weight is 134 g/mol. The molecule has 0 atom stereocenters. The molecule has 0 aliphatic heterocycles. The van der Waals surface area contributed by atoms with Crippen LogP contribution in [-0.4, -0.2) is 5.78 Å². The molecule has 0 saturated heterocycles. The van der Waals surface area contributed by atoms with E-state index in [9.17, 15) is 4.79 Å². The van der Waals surface area contributed by atoms with Crippen LogP contribution in [0.5, 0.6) is 0 Å². The van der Waals surface area contributed by atoms with E-state index < -0.39 is 0 Å². The lowest BCUT2D eigenvalue weighted by Crippen LogP contribution is -2.14. The Morgan fingerprint density at radius 2 is 1.50 bits per heavy atom. The molecule has 2 aliphatic carbocycles. The fraction of sp³-hybridized carbons (Fsp3) is 0.444. The molecule has 0 spiro atoms. The molecule has 2 rings (SSSR count). The Morgan fingerprint density at radius 1 is 1.10 bits per heavy atom. The van der Waals surface area contributed by atoms with Gasteiger partial charge in [-0.05, 0) is 36.8 Å². The maximum atomic E-state index is 11.3. The molecule has 0 aromatic heterocycles. The second-order valence-corrected chi connectivity index (χ2v) is 2.87. The summed E-state index contributed by atoms with van der Waals surface area (Å²) in [6.45, 7) is 0. The van der Waals surface area contributed by atoms with Gasteiger partial charge in [-0.1, -0.05) is 12.2 Å². The van der Waals surface area contributed by atoms with Gasteiger partial charge in [0, 0.05) is 0 Å². The van der Waals surface area contributed by atoms with E-state index in [-0.39, 0.29) is 0 Å². The van der Waals surface area contributed by atoms with Crippen LogP contribution in [0.1, 0.15) is 25.7 Å². The first kappa shape index (κ1) is 5.90. The van der Waals surface area contributed by atoms with Crippen molar-refractivity contribution in [2.75, 3.05) is 0 Å². The van der Waals surface area contributed by atoms with Gasteiger partial charge in [0.1, 0.15) is 0 Å². The first-order valence-corrected chi connectivity index (χ1v) is 3.81. The lowest BCUT2D eigenvalue weighted by atomic mass is 9.85. The fourth-order valence-electron chi connectivity index (χ4n) is 1.20. The Labute approximate surface area is 60.4 Å². The standard InChI is InChI=1S/C9H10O/c10-9(7-3-1-4-7)8-5-2-6-8/h3,5H,1-2,4,6H2. The van der Waals surface area contributed by atoms with Gasteiger partial charge in [0.15, 0.2) is 5.78 Å². The van der Waals surface area contributed by atoms with Gasteiger partial charge in [0.25, 0.3) is 0 Å². The van der Waals surface area contributed by atoms with E-state index in [1.54, 1.807) is 0 Å². The molecule has 0 bridgehead atoms. The van der Waals surface area contributed by atoms with E-state index in [2.05, 4.69) is 0 Å². The summed E-state index contributed by atoms with van der Waals surface area (Å²) in [7, 11) is 0. The molecule has 0 saturated carbocycles. The fourth-order valence-corrected chi connectivity index (χ4v) is 1.20. The molecule has 0 aromatic rings. The quantitative estimate of drug-likeness (QED) is 0.564. The lowest BCUT2D eigenvalue weighted by Gasteiger charge is -2.18. The van der Waals surface area contributed by atoms with Crippen LogP contribution in [0.2, 0.25) is 0 Å². The molecule has 0 aromatic carbocycles.